The van der Waals surface area contributed by atoms with Gasteiger partial charge in [-0.3, -0.25) is 0 Å². The van der Waals surface area contributed by atoms with Crippen molar-refractivity contribution < 1.29 is 9.15 Å². The lowest BCUT2D eigenvalue weighted by molar-refractivity contribution is 0.408. The minimum atomic E-state index is 0.800. The molecule has 17 heavy (non-hydrogen) atoms. The highest BCUT2D eigenvalue weighted by molar-refractivity contribution is 5.60. The first-order valence-corrected chi connectivity index (χ1v) is 5.76. The van der Waals surface area contributed by atoms with Gasteiger partial charge in [0.05, 0.1) is 13.4 Å². The maximum Gasteiger partial charge on any atom is 0.133 e. The van der Waals surface area contributed by atoms with Crippen LogP contribution in [0.5, 0.6) is 5.75 Å². The number of rotatable bonds is 5. The van der Waals surface area contributed by atoms with Crippen LogP contribution >= 0.6 is 0 Å². The molecule has 0 aliphatic heterocycles. The zero-order valence-electron chi connectivity index (χ0n) is 10.2. The number of benzene rings is 1. The first-order chi connectivity index (χ1) is 8.35. The molecule has 0 saturated carbocycles. The Morgan fingerprint density at radius 1 is 1.29 bits per heavy atom. The van der Waals surface area contributed by atoms with Crippen molar-refractivity contribution in [2.75, 3.05) is 13.7 Å². The molecule has 1 N–H and O–H groups in total. The molecule has 0 bridgehead atoms. The quantitative estimate of drug-likeness (QED) is 0.858. The summed E-state index contributed by atoms with van der Waals surface area (Å²) in [5, 5.41) is 3.30. The Hall–Kier alpha value is -1.74. The van der Waals surface area contributed by atoms with Gasteiger partial charge in [-0.25, -0.2) is 0 Å². The van der Waals surface area contributed by atoms with E-state index < -0.39 is 0 Å². The molecule has 2 aromatic rings. The smallest absolute Gasteiger partial charge is 0.133 e. The lowest BCUT2D eigenvalue weighted by Crippen LogP contribution is -2.12. The molecule has 0 aliphatic carbocycles. The fraction of sp³-hybridized carbons (Fsp3) is 0.286. The van der Waals surface area contributed by atoms with Crippen LogP contribution < -0.4 is 10.1 Å². The third-order valence-corrected chi connectivity index (χ3v) is 2.65. The minimum Gasteiger partial charge on any atom is -0.496 e. The Bertz CT molecular complexity index is 463. The number of furan rings is 1. The molecule has 0 atom stereocenters. The average molecular weight is 231 g/mol. The highest BCUT2D eigenvalue weighted by Crippen LogP contribution is 2.26. The van der Waals surface area contributed by atoms with Crippen molar-refractivity contribution in [1.82, 2.24) is 5.32 Å². The predicted octanol–water partition coefficient (Wildman–Crippen LogP) is 3.06. The average Bonchev–Trinajstić information content (AvgIpc) is 2.89. The summed E-state index contributed by atoms with van der Waals surface area (Å²) >= 11 is 0. The van der Waals surface area contributed by atoms with Gasteiger partial charge in [0.15, 0.2) is 0 Å². The highest BCUT2D eigenvalue weighted by Gasteiger charge is 2.06. The van der Waals surface area contributed by atoms with E-state index >= 15 is 0 Å². The summed E-state index contributed by atoms with van der Waals surface area (Å²) in [6, 6.07) is 9.93. The first kappa shape index (κ1) is 11.7. The molecule has 3 nitrogen and oxygen atoms in total. The van der Waals surface area contributed by atoms with Gasteiger partial charge in [-0.1, -0.05) is 6.92 Å². The second-order valence-electron chi connectivity index (χ2n) is 3.78. The van der Waals surface area contributed by atoms with Crippen molar-refractivity contribution in [1.29, 1.82) is 0 Å². The molecule has 1 aromatic carbocycles. The van der Waals surface area contributed by atoms with Gasteiger partial charge in [0.25, 0.3) is 0 Å². The summed E-state index contributed by atoms with van der Waals surface area (Å²) in [4.78, 5) is 0. The highest BCUT2D eigenvalue weighted by atomic mass is 16.5. The third-order valence-electron chi connectivity index (χ3n) is 2.65. The fourth-order valence-electron chi connectivity index (χ4n) is 1.77. The van der Waals surface area contributed by atoms with Crippen LogP contribution in [0.4, 0.5) is 0 Å². The van der Waals surface area contributed by atoms with E-state index in [1.165, 1.54) is 0 Å². The number of ether oxygens (including phenoxy) is 1. The number of hydrogen-bond acceptors (Lipinski definition) is 3. The van der Waals surface area contributed by atoms with E-state index in [0.717, 1.165) is 35.7 Å². The van der Waals surface area contributed by atoms with E-state index in [1.807, 2.05) is 24.3 Å². The van der Waals surface area contributed by atoms with Gasteiger partial charge in [-0.05, 0) is 36.9 Å². The molecule has 1 heterocycles. The number of nitrogens with one attached hydrogen (secondary N) is 1. The molecule has 2 rings (SSSR count). The van der Waals surface area contributed by atoms with E-state index in [-0.39, 0.29) is 0 Å². The monoisotopic (exact) mass is 231 g/mol. The van der Waals surface area contributed by atoms with Crippen LogP contribution in [0.3, 0.4) is 0 Å². The molecule has 90 valence electrons. The van der Waals surface area contributed by atoms with Crippen LogP contribution in [0.15, 0.2) is 41.0 Å². The Morgan fingerprint density at radius 3 is 2.82 bits per heavy atom. The molecule has 0 radical (unpaired) electrons. The summed E-state index contributed by atoms with van der Waals surface area (Å²) in [6.07, 6.45) is 1.68. The van der Waals surface area contributed by atoms with Gasteiger partial charge in [0, 0.05) is 17.7 Å². The van der Waals surface area contributed by atoms with Crippen molar-refractivity contribution in [2.45, 2.75) is 13.5 Å². The first-order valence-electron chi connectivity index (χ1n) is 5.76. The molecular weight excluding hydrogens is 214 g/mol. The molecule has 1 aromatic heterocycles. The second-order valence-corrected chi connectivity index (χ2v) is 3.78. The zero-order valence-corrected chi connectivity index (χ0v) is 10.2. The van der Waals surface area contributed by atoms with Gasteiger partial charge < -0.3 is 14.5 Å². The lowest BCUT2D eigenvalue weighted by atomic mass is 10.1. The van der Waals surface area contributed by atoms with Crippen molar-refractivity contribution >= 4 is 0 Å². The fourth-order valence-corrected chi connectivity index (χ4v) is 1.77. The normalized spacial score (nSPS) is 10.5. The van der Waals surface area contributed by atoms with Gasteiger partial charge in [0.1, 0.15) is 11.5 Å². The van der Waals surface area contributed by atoms with E-state index in [0.29, 0.717) is 0 Å². The van der Waals surface area contributed by atoms with Crippen LogP contribution in [0, 0.1) is 0 Å². The maximum atomic E-state index is 5.39. The number of hydrogen-bond donors (Lipinski definition) is 1. The molecule has 0 spiro atoms. The van der Waals surface area contributed by atoms with Crippen LogP contribution in [-0.4, -0.2) is 13.7 Å². The van der Waals surface area contributed by atoms with Gasteiger partial charge in [-0.2, -0.15) is 0 Å². The summed E-state index contributed by atoms with van der Waals surface area (Å²) in [7, 11) is 1.69. The molecule has 0 unspecified atom stereocenters. The standard InChI is InChI=1S/C14H17NO2/c1-3-15-10-12-9-11(6-7-13(12)16-2)14-5-4-8-17-14/h4-9,15H,3,10H2,1-2H3. The molecule has 0 fully saturated rings. The Kier molecular flexibility index (Phi) is 3.83. The SMILES string of the molecule is CCNCc1cc(-c2ccco2)ccc1OC. The largest absolute Gasteiger partial charge is 0.496 e. The topological polar surface area (TPSA) is 34.4 Å². The van der Waals surface area contributed by atoms with Gasteiger partial charge in [-0.15, -0.1) is 0 Å². The van der Waals surface area contributed by atoms with E-state index in [9.17, 15) is 0 Å². The van der Waals surface area contributed by atoms with Crippen LogP contribution in [0.1, 0.15) is 12.5 Å². The summed E-state index contributed by atoms with van der Waals surface area (Å²) in [5.41, 5.74) is 2.21. The van der Waals surface area contributed by atoms with Crippen LogP contribution in [0.25, 0.3) is 11.3 Å². The van der Waals surface area contributed by atoms with Crippen LogP contribution in [-0.2, 0) is 6.54 Å². The molecular formula is C14H17NO2. The molecule has 0 saturated heterocycles. The van der Waals surface area contributed by atoms with E-state index in [1.54, 1.807) is 13.4 Å². The summed E-state index contributed by atoms with van der Waals surface area (Å²) in [5.74, 6) is 1.78. The zero-order chi connectivity index (χ0) is 12.1. The lowest BCUT2D eigenvalue weighted by Gasteiger charge is -2.10. The Morgan fingerprint density at radius 2 is 2.18 bits per heavy atom. The molecule has 0 aliphatic rings. The van der Waals surface area contributed by atoms with E-state index in [4.69, 9.17) is 9.15 Å². The van der Waals surface area contributed by atoms with Crippen molar-refractivity contribution in [3.63, 3.8) is 0 Å². The van der Waals surface area contributed by atoms with Gasteiger partial charge in [0.2, 0.25) is 0 Å². The summed E-state index contributed by atoms with van der Waals surface area (Å²) in [6.45, 7) is 3.82. The Labute approximate surface area is 101 Å². The minimum absolute atomic E-state index is 0.800. The molecule has 3 heteroatoms. The number of methoxy groups -OCH3 is 1. The third kappa shape index (κ3) is 2.68. The van der Waals surface area contributed by atoms with Gasteiger partial charge >= 0.3 is 0 Å². The maximum absolute atomic E-state index is 5.39. The van der Waals surface area contributed by atoms with Crippen molar-refractivity contribution in [3.05, 3.63) is 42.2 Å². The predicted molar refractivity (Wildman–Crippen MR) is 68.1 cm³/mol. The van der Waals surface area contributed by atoms with E-state index in [2.05, 4.69) is 18.3 Å². The van der Waals surface area contributed by atoms with Crippen molar-refractivity contribution in [2.24, 2.45) is 0 Å². The molecule has 0 amide bonds. The van der Waals surface area contributed by atoms with Crippen LogP contribution in [0.2, 0.25) is 0 Å². The second kappa shape index (κ2) is 5.55. The van der Waals surface area contributed by atoms with Crippen molar-refractivity contribution in [3.8, 4) is 17.1 Å². The summed E-state index contributed by atoms with van der Waals surface area (Å²) < 4.78 is 10.7. The Balaban J connectivity index is 2.31.